The number of aromatic nitrogens is 1. The predicted molar refractivity (Wildman–Crippen MR) is 84.4 cm³/mol. The largest absolute Gasteiger partial charge is 0.496 e. The van der Waals surface area contributed by atoms with Crippen LogP contribution >= 0.6 is 15.9 Å². The topological polar surface area (TPSA) is 48.4 Å². The fourth-order valence-corrected chi connectivity index (χ4v) is 2.12. The summed E-state index contributed by atoms with van der Waals surface area (Å²) >= 11 is 3.16. The van der Waals surface area contributed by atoms with Gasteiger partial charge in [0.05, 0.1) is 18.0 Å². The first-order valence-corrected chi connectivity index (χ1v) is 7.57. The van der Waals surface area contributed by atoms with Crippen LogP contribution in [0.3, 0.4) is 0 Å². The first-order chi connectivity index (χ1) is 10.1. The summed E-state index contributed by atoms with van der Waals surface area (Å²) in [6.07, 6.45) is 1.79. The molecule has 0 aliphatic rings. The number of ketones is 1. The van der Waals surface area contributed by atoms with Gasteiger partial charge in [0.25, 0.3) is 0 Å². The smallest absolute Gasteiger partial charge is 0.177 e. The molecule has 0 fully saturated rings. The van der Waals surface area contributed by atoms with Gasteiger partial charge in [-0.15, -0.1) is 0 Å². The van der Waals surface area contributed by atoms with Crippen LogP contribution in [0.15, 0.2) is 36.5 Å². The van der Waals surface area contributed by atoms with Crippen LogP contribution in [0.1, 0.15) is 21.6 Å². The fraction of sp³-hybridized carbons (Fsp3) is 0.250. The number of carbonyl (C=O) groups is 1. The number of benzene rings is 1. The van der Waals surface area contributed by atoms with Gasteiger partial charge in [-0.1, -0.05) is 22.0 Å². The average molecular weight is 350 g/mol. The van der Waals surface area contributed by atoms with Crippen molar-refractivity contribution in [1.82, 2.24) is 4.98 Å². The second-order valence-corrected chi connectivity index (χ2v) is 5.08. The van der Waals surface area contributed by atoms with Crippen LogP contribution in [-0.2, 0) is 6.61 Å². The number of Topliss-reactive ketones (excluding diaryl/α,β-unsaturated/α-hetero) is 1. The van der Waals surface area contributed by atoms with Crippen molar-refractivity contribution >= 4 is 21.7 Å². The van der Waals surface area contributed by atoms with Gasteiger partial charge in [0.15, 0.2) is 5.78 Å². The zero-order chi connectivity index (χ0) is 15.2. The second-order valence-electron chi connectivity index (χ2n) is 4.52. The zero-order valence-corrected chi connectivity index (χ0v) is 13.5. The number of hydrogen-bond donors (Lipinski definition) is 0. The van der Waals surface area contributed by atoms with E-state index in [1.54, 1.807) is 24.4 Å². The molecule has 1 aromatic heterocycles. The first kappa shape index (κ1) is 15.5. The molecule has 0 saturated heterocycles. The van der Waals surface area contributed by atoms with E-state index in [4.69, 9.17) is 9.47 Å². The number of pyridine rings is 1. The monoisotopic (exact) mass is 349 g/mol. The van der Waals surface area contributed by atoms with Crippen LogP contribution in [0.2, 0.25) is 0 Å². The normalized spacial score (nSPS) is 10.2. The van der Waals surface area contributed by atoms with Crippen LogP contribution < -0.4 is 9.47 Å². The number of rotatable bonds is 6. The van der Waals surface area contributed by atoms with E-state index in [9.17, 15) is 4.79 Å². The molecular formula is C16H16BrNO3. The third kappa shape index (κ3) is 4.04. The number of nitrogens with zero attached hydrogens (tertiary/aromatic N) is 1. The van der Waals surface area contributed by atoms with Crippen molar-refractivity contribution in [3.63, 3.8) is 0 Å². The van der Waals surface area contributed by atoms with Crippen molar-refractivity contribution in [3.8, 4) is 11.5 Å². The number of methoxy groups -OCH3 is 1. The van der Waals surface area contributed by atoms with Gasteiger partial charge in [-0.2, -0.15) is 0 Å². The summed E-state index contributed by atoms with van der Waals surface area (Å²) in [7, 11) is 1.54. The Morgan fingerprint density at radius 2 is 2.10 bits per heavy atom. The molecule has 2 rings (SSSR count). The molecule has 0 aliphatic heterocycles. The summed E-state index contributed by atoms with van der Waals surface area (Å²) in [5.41, 5.74) is 2.50. The highest BCUT2D eigenvalue weighted by Gasteiger charge is 2.12. The van der Waals surface area contributed by atoms with Crippen molar-refractivity contribution in [1.29, 1.82) is 0 Å². The molecule has 5 heteroatoms. The molecule has 0 radical (unpaired) electrons. The van der Waals surface area contributed by atoms with Gasteiger partial charge in [-0.3, -0.25) is 9.78 Å². The van der Waals surface area contributed by atoms with Gasteiger partial charge in [0, 0.05) is 23.5 Å². The van der Waals surface area contributed by atoms with Crippen molar-refractivity contribution in [2.24, 2.45) is 0 Å². The predicted octanol–water partition coefficient (Wildman–Crippen LogP) is 3.56. The van der Waals surface area contributed by atoms with E-state index in [1.807, 2.05) is 19.1 Å². The molecule has 110 valence electrons. The van der Waals surface area contributed by atoms with Crippen molar-refractivity contribution in [2.45, 2.75) is 13.5 Å². The lowest BCUT2D eigenvalue weighted by Crippen LogP contribution is -2.04. The summed E-state index contributed by atoms with van der Waals surface area (Å²) in [6, 6.07) is 9.11. The first-order valence-electron chi connectivity index (χ1n) is 6.45. The van der Waals surface area contributed by atoms with E-state index in [0.29, 0.717) is 23.7 Å². The van der Waals surface area contributed by atoms with Crippen molar-refractivity contribution in [2.75, 3.05) is 12.4 Å². The molecule has 0 bridgehead atoms. The molecule has 0 unspecified atom stereocenters. The second kappa shape index (κ2) is 7.22. The number of ether oxygens (including phenoxy) is 2. The maximum Gasteiger partial charge on any atom is 0.177 e. The van der Waals surface area contributed by atoms with E-state index in [0.717, 1.165) is 11.3 Å². The van der Waals surface area contributed by atoms with Gasteiger partial charge >= 0.3 is 0 Å². The minimum atomic E-state index is -0.0267. The molecule has 1 aromatic carbocycles. The third-order valence-corrected chi connectivity index (χ3v) is 3.48. The molecule has 0 spiro atoms. The molecule has 1 heterocycles. The number of hydrogen-bond acceptors (Lipinski definition) is 4. The summed E-state index contributed by atoms with van der Waals surface area (Å²) < 4.78 is 10.9. The highest BCUT2D eigenvalue weighted by Crippen LogP contribution is 2.26. The Hall–Kier alpha value is -1.88. The van der Waals surface area contributed by atoms with Gasteiger partial charge in [0.1, 0.15) is 18.1 Å². The molecule has 4 nitrogen and oxygen atoms in total. The minimum absolute atomic E-state index is 0.0267. The van der Waals surface area contributed by atoms with Crippen LogP contribution in [0, 0.1) is 6.92 Å². The van der Waals surface area contributed by atoms with Gasteiger partial charge in [-0.05, 0) is 25.1 Å². The molecule has 2 aromatic rings. The Morgan fingerprint density at radius 3 is 2.71 bits per heavy atom. The van der Waals surface area contributed by atoms with Crippen LogP contribution in [0.4, 0.5) is 0 Å². The van der Waals surface area contributed by atoms with E-state index >= 15 is 0 Å². The standard InChI is InChI=1S/C16H16BrNO3/c1-11-3-4-12(9-18-11)10-21-13-5-6-14(15(19)8-17)16(7-13)20-2/h3-7,9H,8,10H2,1-2H3. The van der Waals surface area contributed by atoms with Crippen LogP contribution in [0.25, 0.3) is 0 Å². The Labute approximate surface area is 132 Å². The lowest BCUT2D eigenvalue weighted by molar-refractivity contribution is 0.102. The highest BCUT2D eigenvalue weighted by atomic mass is 79.9. The number of halogens is 1. The van der Waals surface area contributed by atoms with Crippen LogP contribution in [-0.4, -0.2) is 23.2 Å². The average Bonchev–Trinajstić information content (AvgIpc) is 2.53. The third-order valence-electron chi connectivity index (χ3n) is 2.97. The lowest BCUT2D eigenvalue weighted by Gasteiger charge is -2.10. The van der Waals surface area contributed by atoms with Crippen LogP contribution in [0.5, 0.6) is 11.5 Å². The molecule has 21 heavy (non-hydrogen) atoms. The quantitative estimate of drug-likeness (QED) is 0.591. The maximum atomic E-state index is 11.7. The van der Waals surface area contributed by atoms with E-state index in [-0.39, 0.29) is 11.1 Å². The lowest BCUT2D eigenvalue weighted by atomic mass is 10.1. The van der Waals surface area contributed by atoms with Gasteiger partial charge in [-0.25, -0.2) is 0 Å². The maximum absolute atomic E-state index is 11.7. The molecular weight excluding hydrogens is 334 g/mol. The molecule has 0 saturated carbocycles. The molecule has 0 aliphatic carbocycles. The number of alkyl halides is 1. The molecule has 0 amide bonds. The van der Waals surface area contributed by atoms with E-state index in [1.165, 1.54) is 7.11 Å². The Kier molecular flexibility index (Phi) is 5.33. The summed E-state index contributed by atoms with van der Waals surface area (Å²) in [4.78, 5) is 16.0. The summed E-state index contributed by atoms with van der Waals surface area (Å²) in [5, 5.41) is 0.262. The van der Waals surface area contributed by atoms with Gasteiger partial charge in [0.2, 0.25) is 0 Å². The SMILES string of the molecule is COc1cc(OCc2ccc(C)nc2)ccc1C(=O)CBr. The van der Waals surface area contributed by atoms with E-state index in [2.05, 4.69) is 20.9 Å². The number of carbonyl (C=O) groups excluding carboxylic acids is 1. The zero-order valence-electron chi connectivity index (χ0n) is 11.9. The Bertz CT molecular complexity index is 626. The number of aryl methyl sites for hydroxylation is 1. The Morgan fingerprint density at radius 1 is 1.29 bits per heavy atom. The summed E-state index contributed by atoms with van der Waals surface area (Å²) in [5.74, 6) is 1.14. The van der Waals surface area contributed by atoms with Crippen molar-refractivity contribution < 1.29 is 14.3 Å². The summed E-state index contributed by atoms with van der Waals surface area (Å²) in [6.45, 7) is 2.36. The minimum Gasteiger partial charge on any atom is -0.496 e. The molecule has 0 N–H and O–H groups in total. The highest BCUT2D eigenvalue weighted by molar-refractivity contribution is 9.09. The van der Waals surface area contributed by atoms with Gasteiger partial charge < -0.3 is 9.47 Å². The van der Waals surface area contributed by atoms with Crippen molar-refractivity contribution in [3.05, 3.63) is 53.3 Å². The Balaban J connectivity index is 2.10. The molecule has 0 atom stereocenters. The fourth-order valence-electron chi connectivity index (χ4n) is 1.81. The van der Waals surface area contributed by atoms with E-state index < -0.39 is 0 Å².